The van der Waals surface area contributed by atoms with Crippen LogP contribution < -0.4 is 9.47 Å². The van der Waals surface area contributed by atoms with Crippen LogP contribution in [-0.2, 0) is 0 Å². The average molecular weight is 461 g/mol. The van der Waals surface area contributed by atoms with Crippen LogP contribution >= 0.6 is 15.9 Å². The van der Waals surface area contributed by atoms with Gasteiger partial charge in [0.15, 0.2) is 0 Å². The summed E-state index contributed by atoms with van der Waals surface area (Å²) in [6, 6.07) is 24.7. The van der Waals surface area contributed by atoms with Gasteiger partial charge in [0.05, 0.1) is 11.8 Å². The smallest absolute Gasteiger partial charge is 0.213 e. The molecule has 0 fully saturated rings. The summed E-state index contributed by atoms with van der Waals surface area (Å²) < 4.78 is 13.1. The first kappa shape index (κ1) is 18.9. The number of halogens is 1. The molecule has 5 heteroatoms. The molecule has 2 heterocycles. The lowest BCUT2D eigenvalue weighted by atomic mass is 9.96. The van der Waals surface area contributed by atoms with E-state index in [1.807, 2.05) is 42.5 Å². The monoisotopic (exact) mass is 460 g/mol. The molecule has 0 amide bonds. The molecule has 5 rings (SSSR count). The van der Waals surface area contributed by atoms with Crippen molar-refractivity contribution in [1.82, 2.24) is 5.01 Å². The number of fused-ring (bicyclic) bond motifs is 3. The molecule has 4 nitrogen and oxygen atoms in total. The fourth-order valence-corrected chi connectivity index (χ4v) is 4.35. The molecule has 2 atom stereocenters. The fourth-order valence-electron chi connectivity index (χ4n) is 3.97. The molecule has 2 aliphatic rings. The quantitative estimate of drug-likeness (QED) is 0.421. The number of hydrogen-bond acceptors (Lipinski definition) is 4. The van der Waals surface area contributed by atoms with Gasteiger partial charge in [0, 0.05) is 22.0 Å². The summed E-state index contributed by atoms with van der Waals surface area (Å²) in [5.41, 5.74) is 4.39. The largest absolute Gasteiger partial charge is 0.490 e. The van der Waals surface area contributed by atoms with Crippen molar-refractivity contribution in [3.8, 4) is 11.5 Å². The minimum Gasteiger partial charge on any atom is -0.490 e. The minimum atomic E-state index is -0.252. The Bertz CT molecular complexity index is 1100. The zero-order chi connectivity index (χ0) is 20.5. The number of nitrogens with zero attached hydrogens (tertiary/aromatic N) is 2. The van der Waals surface area contributed by atoms with Gasteiger partial charge in [-0.2, -0.15) is 5.10 Å². The van der Waals surface area contributed by atoms with E-state index in [0.29, 0.717) is 6.61 Å². The molecule has 0 spiro atoms. The van der Waals surface area contributed by atoms with Crippen molar-refractivity contribution in [2.24, 2.45) is 5.10 Å². The molecule has 30 heavy (non-hydrogen) atoms. The maximum atomic E-state index is 6.40. The highest BCUT2D eigenvalue weighted by Gasteiger charge is 2.41. The highest BCUT2D eigenvalue weighted by Crippen LogP contribution is 2.48. The van der Waals surface area contributed by atoms with E-state index in [9.17, 15) is 0 Å². The first-order valence-corrected chi connectivity index (χ1v) is 10.7. The summed E-state index contributed by atoms with van der Waals surface area (Å²) in [4.78, 5) is 0. The van der Waals surface area contributed by atoms with Crippen LogP contribution in [0.15, 0.2) is 95.0 Å². The summed E-state index contributed by atoms with van der Waals surface area (Å²) in [5.74, 6) is 1.74. The lowest BCUT2D eigenvalue weighted by Gasteiger charge is -2.38. The lowest BCUT2D eigenvalue weighted by molar-refractivity contribution is -0.0190. The third kappa shape index (κ3) is 3.50. The van der Waals surface area contributed by atoms with Crippen LogP contribution in [0.3, 0.4) is 0 Å². The second-order valence-corrected chi connectivity index (χ2v) is 8.25. The predicted molar refractivity (Wildman–Crippen MR) is 122 cm³/mol. The van der Waals surface area contributed by atoms with Gasteiger partial charge >= 0.3 is 0 Å². The Hall–Kier alpha value is -3.05. The predicted octanol–water partition coefficient (Wildman–Crippen LogP) is 6.26. The molecule has 0 saturated carbocycles. The van der Waals surface area contributed by atoms with Crippen LogP contribution in [0.5, 0.6) is 11.5 Å². The number of rotatable bonds is 5. The van der Waals surface area contributed by atoms with E-state index in [0.717, 1.165) is 44.8 Å². The van der Waals surface area contributed by atoms with Gasteiger partial charge in [0.1, 0.15) is 18.1 Å². The van der Waals surface area contributed by atoms with E-state index >= 15 is 0 Å². The van der Waals surface area contributed by atoms with E-state index in [1.54, 1.807) is 6.08 Å². The first-order valence-electron chi connectivity index (χ1n) is 9.94. The molecule has 0 N–H and O–H groups in total. The maximum absolute atomic E-state index is 6.40. The van der Waals surface area contributed by atoms with Crippen molar-refractivity contribution in [3.05, 3.63) is 107 Å². The topological polar surface area (TPSA) is 34.1 Å². The molecule has 150 valence electrons. The Morgan fingerprint density at radius 2 is 1.90 bits per heavy atom. The summed E-state index contributed by atoms with van der Waals surface area (Å²) in [7, 11) is 0. The van der Waals surface area contributed by atoms with Gasteiger partial charge in [-0.1, -0.05) is 58.9 Å². The molecular weight excluding hydrogens is 440 g/mol. The van der Waals surface area contributed by atoms with Crippen LogP contribution in [0.25, 0.3) is 0 Å². The van der Waals surface area contributed by atoms with Crippen LogP contribution in [0.1, 0.15) is 35.4 Å². The van der Waals surface area contributed by atoms with Crippen LogP contribution in [0.4, 0.5) is 0 Å². The highest BCUT2D eigenvalue weighted by atomic mass is 79.9. The van der Waals surface area contributed by atoms with Crippen molar-refractivity contribution in [3.63, 3.8) is 0 Å². The van der Waals surface area contributed by atoms with E-state index in [4.69, 9.17) is 14.6 Å². The summed E-state index contributed by atoms with van der Waals surface area (Å²) in [5, 5.41) is 7.11. The zero-order valence-corrected chi connectivity index (χ0v) is 18.0. The van der Waals surface area contributed by atoms with Gasteiger partial charge in [-0.3, -0.25) is 0 Å². The second-order valence-electron chi connectivity index (χ2n) is 7.33. The molecular formula is C25H21BrN2O2. The molecule has 0 unspecified atom stereocenters. The number of hydrogen-bond donors (Lipinski definition) is 0. The Morgan fingerprint density at radius 3 is 2.67 bits per heavy atom. The SMILES string of the molecule is C=CCOc1ccc(C2=NN3[C@H](C2)c2cc(Br)ccc2O[C@H]3c2ccccc2)cc1. The minimum absolute atomic E-state index is 0.128. The molecule has 0 aromatic heterocycles. The molecule has 0 saturated heterocycles. The van der Waals surface area contributed by atoms with E-state index < -0.39 is 0 Å². The maximum Gasteiger partial charge on any atom is 0.213 e. The van der Waals surface area contributed by atoms with Gasteiger partial charge in [-0.15, -0.1) is 0 Å². The van der Waals surface area contributed by atoms with Crippen LogP contribution in [-0.4, -0.2) is 17.3 Å². The Kier molecular flexibility index (Phi) is 5.05. The normalized spacial score (nSPS) is 19.4. The summed E-state index contributed by atoms with van der Waals surface area (Å²) >= 11 is 3.60. The zero-order valence-electron chi connectivity index (χ0n) is 16.4. The summed E-state index contributed by atoms with van der Waals surface area (Å²) in [6.07, 6.45) is 2.31. The second kappa shape index (κ2) is 8.00. The molecule has 0 bridgehead atoms. The summed E-state index contributed by atoms with van der Waals surface area (Å²) in [6.45, 7) is 4.19. The van der Waals surface area contributed by atoms with Crippen molar-refractivity contribution < 1.29 is 9.47 Å². The standard InChI is InChI=1S/C25H21BrN2O2/c1-2-14-29-20-11-8-17(9-12-20)22-16-23-21-15-19(26)10-13-24(21)30-25(28(23)27-22)18-6-4-3-5-7-18/h2-13,15,23,25H,1,14,16H2/t23-,25+/m1/s1. The van der Waals surface area contributed by atoms with Crippen LogP contribution in [0.2, 0.25) is 0 Å². The first-order chi connectivity index (χ1) is 14.7. The lowest BCUT2D eigenvalue weighted by Crippen LogP contribution is -2.33. The van der Waals surface area contributed by atoms with Gasteiger partial charge in [-0.25, -0.2) is 5.01 Å². The van der Waals surface area contributed by atoms with Crippen molar-refractivity contribution in [2.75, 3.05) is 6.61 Å². The van der Waals surface area contributed by atoms with Gasteiger partial charge in [0.25, 0.3) is 0 Å². The third-order valence-electron chi connectivity index (χ3n) is 5.39. The average Bonchev–Trinajstić information content (AvgIpc) is 3.24. The molecule has 3 aromatic carbocycles. The highest BCUT2D eigenvalue weighted by molar-refractivity contribution is 9.10. The Labute approximate surface area is 184 Å². The van der Waals surface area contributed by atoms with Crippen molar-refractivity contribution in [2.45, 2.75) is 18.7 Å². The van der Waals surface area contributed by atoms with Crippen LogP contribution in [0, 0.1) is 0 Å². The molecule has 2 aliphatic heterocycles. The van der Waals surface area contributed by atoms with Crippen molar-refractivity contribution in [1.29, 1.82) is 0 Å². The molecule has 0 radical (unpaired) electrons. The van der Waals surface area contributed by atoms with Gasteiger partial charge < -0.3 is 9.47 Å². The molecule has 3 aromatic rings. The van der Waals surface area contributed by atoms with Crippen molar-refractivity contribution >= 4 is 21.6 Å². The number of benzene rings is 3. The van der Waals surface area contributed by atoms with E-state index in [2.05, 4.69) is 57.8 Å². The number of hydrazone groups is 1. The van der Waals surface area contributed by atoms with E-state index in [-0.39, 0.29) is 12.3 Å². The molecule has 0 aliphatic carbocycles. The van der Waals surface area contributed by atoms with Gasteiger partial charge in [-0.05, 0) is 48.0 Å². The number of ether oxygens (including phenoxy) is 2. The third-order valence-corrected chi connectivity index (χ3v) is 5.89. The van der Waals surface area contributed by atoms with E-state index in [1.165, 1.54) is 0 Å². The Balaban J connectivity index is 1.51. The fraction of sp³-hybridized carbons (Fsp3) is 0.160. The van der Waals surface area contributed by atoms with Gasteiger partial charge in [0.2, 0.25) is 6.23 Å². The Morgan fingerprint density at radius 1 is 1.10 bits per heavy atom.